The van der Waals surface area contributed by atoms with Crippen LogP contribution in [0.1, 0.15) is 0 Å². The van der Waals surface area contributed by atoms with Gasteiger partial charge in [0.15, 0.2) is 0 Å². The molecule has 42 heteroatoms. The van der Waals surface area contributed by atoms with Crippen LogP contribution in [0.5, 0.6) is 0 Å². The topological polar surface area (TPSA) is 435 Å². The fourth-order valence-electron chi connectivity index (χ4n) is 2.74. The number of hydrogen-bond donors (Lipinski definition) is 0. The van der Waals surface area contributed by atoms with E-state index in [4.69, 9.17) is 0 Å². The van der Waals surface area contributed by atoms with Crippen molar-refractivity contribution in [2.45, 2.75) is 36.6 Å². The quantitative estimate of drug-likeness (QED) is 0.133. The van der Waals surface area contributed by atoms with Gasteiger partial charge >= 0.3 is 226 Å². The van der Waals surface area contributed by atoms with Gasteiger partial charge in [0.05, 0.1) is 46.9 Å². The maximum absolute atomic E-state index is 11.1. The molecule has 24 nitrogen and oxygen atoms in total. The monoisotopic (exact) mass is 732 g/mol. The average Bonchev–Trinajstić information content (AvgIpc) is 2.51. The second kappa shape index (κ2) is 34.5. The van der Waals surface area contributed by atoms with E-state index in [1.807, 2.05) is 0 Å². The summed E-state index contributed by atoms with van der Waals surface area (Å²) in [5, 5.41) is 0. The molecular weight excluding hydrogens is 725 g/mol. The minimum Gasteiger partial charge on any atom is -0.790 e. The van der Waals surface area contributed by atoms with Crippen LogP contribution in [0, 0.1) is 0 Å². The molecule has 0 radical (unpaired) electrons. The van der Waals surface area contributed by atoms with E-state index < -0.39 is 83.6 Å². The molecule has 1 aliphatic rings. The van der Waals surface area contributed by atoms with E-state index in [1.165, 1.54) is 0 Å². The Bertz CT molecular complexity index is 857. The third-order valence-corrected chi connectivity index (χ3v) is 6.46. The van der Waals surface area contributed by atoms with Crippen molar-refractivity contribution in [1.82, 2.24) is 0 Å². The summed E-state index contributed by atoms with van der Waals surface area (Å²) in [5.74, 6) is 0. The van der Waals surface area contributed by atoms with Crippen LogP contribution in [-0.2, 0) is 54.5 Å². The summed E-state index contributed by atoms with van der Waals surface area (Å²) in [6, 6.07) is 0. The van der Waals surface area contributed by atoms with E-state index in [9.17, 15) is 86.1 Å². The molecule has 1 fully saturated rings. The Morgan fingerprint density at radius 3 is 0.333 bits per heavy atom. The third kappa shape index (κ3) is 39.3. The molecule has 216 valence electrons. The maximum Gasteiger partial charge on any atom is 1.00 e. The molecule has 0 aromatic rings. The second-order valence-electron chi connectivity index (χ2n) is 6.10. The Balaban J connectivity index is -0.000000108. The van der Waals surface area contributed by atoms with E-state index >= 15 is 0 Å². The van der Waals surface area contributed by atoms with Crippen LogP contribution < -0.4 is 285 Å². The van der Waals surface area contributed by atoms with Gasteiger partial charge < -0.3 is 113 Å². The first-order chi connectivity index (χ1) is 15.6. The van der Waals surface area contributed by atoms with Gasteiger partial charge in [-0.05, 0) is 0 Å². The van der Waals surface area contributed by atoms with Gasteiger partial charge in [-0.25, -0.2) is 0 Å². The molecule has 0 unspecified atom stereocenters. The molecule has 0 aliphatic heterocycles. The fraction of sp³-hybridized carbons (Fsp3) is 1.00. The first-order valence-electron chi connectivity index (χ1n) is 7.80. The van der Waals surface area contributed by atoms with Crippen molar-refractivity contribution < 1.29 is 340 Å². The number of phosphoric ester groups is 6. The predicted molar refractivity (Wildman–Crippen MR) is 74.9 cm³/mol. The molecule has 0 atom stereocenters. The summed E-state index contributed by atoms with van der Waals surface area (Å²) >= 11 is 0. The average molecular weight is 731 g/mol. The summed E-state index contributed by atoms with van der Waals surface area (Å²) in [4.78, 5) is 133. The Morgan fingerprint density at radius 2 is 0.292 bits per heavy atom. The van der Waals surface area contributed by atoms with Crippen molar-refractivity contribution in [2.75, 3.05) is 0 Å². The molecule has 1 saturated carbocycles. The molecule has 48 heavy (non-hydrogen) atoms. The molecule has 0 aromatic carbocycles. The summed E-state index contributed by atoms with van der Waals surface area (Å²) in [6.45, 7) is 0. The normalized spacial score (nSPS) is 22.0. The van der Waals surface area contributed by atoms with Crippen molar-refractivity contribution in [3.05, 3.63) is 0 Å². The summed E-state index contributed by atoms with van der Waals surface area (Å²) in [7, 11) is -40.1. The fourth-order valence-corrected chi connectivity index (χ4v) is 5.96. The standard InChI is InChI=1S/C6H18O24P6.12Li/c7-31(8,9)25-1-2(26-32(10,11)12)4(28-34(16,17)18)6(30-36(22,23)24)5(29-35(19,20)21)3(1)27-33(13,14)15;;;;;;;;;;;;/h1-6H,(H2,7,8,9)(H2,10,11,12)(H2,13,14,15)(H2,16,17,18)(H2,19,20,21)(H2,22,23,24);;;;;;;;;;;;/q;12*+1/p-12/t1-,2-,3-,4+,5-,6-;;;;;;;;;;;;. The molecule has 0 bridgehead atoms. The van der Waals surface area contributed by atoms with E-state index in [0.29, 0.717) is 0 Å². The number of rotatable bonds is 12. The van der Waals surface area contributed by atoms with Crippen LogP contribution in [0.3, 0.4) is 0 Å². The Labute approximate surface area is 417 Å². The van der Waals surface area contributed by atoms with Gasteiger partial charge in [-0.1, -0.05) is 0 Å². The molecule has 0 N–H and O–H groups in total. The van der Waals surface area contributed by atoms with Crippen LogP contribution in [0.4, 0.5) is 0 Å². The predicted octanol–water partition coefficient (Wildman–Crippen LogP) is -46.7. The molecule has 0 spiro atoms. The Hall–Kier alpha value is 7.83. The van der Waals surface area contributed by atoms with Gasteiger partial charge in [0.1, 0.15) is 36.6 Å². The molecular formula is C6H6Li12O24P6. The summed E-state index contributed by atoms with van der Waals surface area (Å²) < 4.78 is 88.3. The van der Waals surface area contributed by atoms with Gasteiger partial charge in [0, 0.05) is 0 Å². The largest absolute Gasteiger partial charge is 1.00 e. The van der Waals surface area contributed by atoms with Crippen molar-refractivity contribution in [3.63, 3.8) is 0 Å². The zero-order valence-corrected chi connectivity index (χ0v) is 33.3. The van der Waals surface area contributed by atoms with Gasteiger partial charge in [0.2, 0.25) is 0 Å². The van der Waals surface area contributed by atoms with Crippen molar-refractivity contribution in [1.29, 1.82) is 0 Å². The Morgan fingerprint density at radius 1 is 0.229 bits per heavy atom. The molecule has 0 amide bonds. The van der Waals surface area contributed by atoms with Crippen molar-refractivity contribution >= 4 is 46.9 Å². The van der Waals surface area contributed by atoms with Gasteiger partial charge in [-0.15, -0.1) is 0 Å². The zero-order valence-electron chi connectivity index (χ0n) is 27.9. The Kier molecular flexibility index (Phi) is 62.9. The molecule has 1 aliphatic carbocycles. The minimum atomic E-state index is -6.68. The third-order valence-electron chi connectivity index (χ3n) is 3.45. The van der Waals surface area contributed by atoms with E-state index in [-0.39, 0.29) is 226 Å². The second-order valence-corrected chi connectivity index (χ2v) is 12.7. The smallest absolute Gasteiger partial charge is 0.790 e. The van der Waals surface area contributed by atoms with Gasteiger partial charge in [0.25, 0.3) is 0 Å². The summed E-state index contributed by atoms with van der Waals surface area (Å²) in [5.41, 5.74) is 0. The first-order valence-corrected chi connectivity index (χ1v) is 16.6. The molecule has 0 heterocycles. The number of hydrogen-bond acceptors (Lipinski definition) is 24. The first kappa shape index (κ1) is 87.4. The van der Waals surface area contributed by atoms with Crippen LogP contribution in [0.15, 0.2) is 0 Å². The van der Waals surface area contributed by atoms with Gasteiger partial charge in [-0.2, -0.15) is 0 Å². The summed E-state index contributed by atoms with van der Waals surface area (Å²) in [6.07, 6.45) is -21.5. The SMILES string of the molecule is O=P([O-])([O-])O[C@H]1[C@H](OP(=O)([O-])[O-])[C@@H](OP(=O)([O-])[O-])[C@H](OP(=O)([O-])[O-])[C@@H](OP(=O)([O-])[O-])[C@H]1OP(=O)([O-])[O-].[Li+].[Li+].[Li+].[Li+].[Li+].[Li+].[Li+].[Li+].[Li+].[Li+].[Li+].[Li+]. The van der Waals surface area contributed by atoms with Crippen molar-refractivity contribution in [3.8, 4) is 0 Å². The van der Waals surface area contributed by atoms with Crippen molar-refractivity contribution in [2.24, 2.45) is 0 Å². The van der Waals surface area contributed by atoms with E-state index in [0.717, 1.165) is 0 Å². The van der Waals surface area contributed by atoms with E-state index in [1.54, 1.807) is 0 Å². The van der Waals surface area contributed by atoms with Crippen LogP contribution >= 0.6 is 46.9 Å². The maximum atomic E-state index is 11.1. The molecule has 1 rings (SSSR count). The minimum absolute atomic E-state index is 0. The van der Waals surface area contributed by atoms with Crippen LogP contribution in [-0.4, -0.2) is 36.6 Å². The van der Waals surface area contributed by atoms with E-state index in [2.05, 4.69) is 27.1 Å². The van der Waals surface area contributed by atoms with Crippen LogP contribution in [0.25, 0.3) is 0 Å². The number of phosphoric acid groups is 6. The molecule has 0 aromatic heterocycles. The zero-order chi connectivity index (χ0) is 28.7. The van der Waals surface area contributed by atoms with Crippen LogP contribution in [0.2, 0.25) is 0 Å². The molecule has 0 saturated heterocycles. The van der Waals surface area contributed by atoms with Gasteiger partial charge in [-0.3, -0.25) is 0 Å².